The van der Waals surface area contributed by atoms with Gasteiger partial charge < -0.3 is 5.32 Å². The van der Waals surface area contributed by atoms with Gasteiger partial charge in [0.05, 0.1) is 5.01 Å². The van der Waals surface area contributed by atoms with Gasteiger partial charge in [-0.3, -0.25) is 0 Å². The van der Waals surface area contributed by atoms with Crippen LogP contribution in [-0.4, -0.2) is 18.1 Å². The number of halogens is 1. The van der Waals surface area contributed by atoms with Gasteiger partial charge in [0, 0.05) is 41.0 Å². The van der Waals surface area contributed by atoms with Gasteiger partial charge in [-0.1, -0.05) is 34.1 Å². The summed E-state index contributed by atoms with van der Waals surface area (Å²) >= 11 is 5.41. The Balaban J connectivity index is 1.95. The van der Waals surface area contributed by atoms with E-state index in [4.69, 9.17) is 0 Å². The summed E-state index contributed by atoms with van der Waals surface area (Å²) in [4.78, 5) is 4.41. The van der Waals surface area contributed by atoms with Crippen LogP contribution < -0.4 is 5.32 Å². The van der Waals surface area contributed by atoms with E-state index in [-0.39, 0.29) is 5.41 Å². The fraction of sp³-hybridized carbons (Fsp3) is 0.308. The highest BCUT2D eigenvalue weighted by molar-refractivity contribution is 9.10. The molecule has 0 unspecified atom stereocenters. The number of benzene rings is 1. The fourth-order valence-corrected chi connectivity index (χ4v) is 3.82. The van der Waals surface area contributed by atoms with E-state index >= 15 is 0 Å². The molecule has 1 saturated heterocycles. The number of aromatic nitrogens is 1. The smallest absolute Gasteiger partial charge is 0.0934 e. The molecule has 1 fully saturated rings. The lowest BCUT2D eigenvalue weighted by atomic mass is 9.73. The zero-order chi connectivity index (χ0) is 11.7. The van der Waals surface area contributed by atoms with Crippen LogP contribution in [0.2, 0.25) is 0 Å². The van der Waals surface area contributed by atoms with Gasteiger partial charge in [-0.2, -0.15) is 0 Å². The lowest BCUT2D eigenvalue weighted by molar-refractivity contribution is 0.273. The van der Waals surface area contributed by atoms with Crippen LogP contribution in [0, 0.1) is 0 Å². The van der Waals surface area contributed by atoms with Crippen LogP contribution in [0.25, 0.3) is 0 Å². The van der Waals surface area contributed by atoms with E-state index in [2.05, 4.69) is 55.9 Å². The van der Waals surface area contributed by atoms with Crippen molar-refractivity contribution in [3.63, 3.8) is 0 Å². The summed E-state index contributed by atoms with van der Waals surface area (Å²) in [6, 6.07) is 8.52. The van der Waals surface area contributed by atoms with E-state index in [9.17, 15) is 0 Å². The molecule has 1 aliphatic rings. The molecule has 0 aliphatic carbocycles. The maximum atomic E-state index is 4.41. The van der Waals surface area contributed by atoms with Crippen LogP contribution in [0.1, 0.15) is 10.6 Å². The van der Waals surface area contributed by atoms with Gasteiger partial charge in [0.15, 0.2) is 0 Å². The summed E-state index contributed by atoms with van der Waals surface area (Å²) in [5.74, 6) is 0. The molecule has 1 aromatic heterocycles. The standard InChI is InChI=1S/C13H13BrN2S/c14-11-4-2-1-3-10(11)13(8-15-9-13)7-12-16-5-6-17-12/h1-6,15H,7-9H2. The number of hydrogen-bond donors (Lipinski definition) is 1. The second-order valence-corrected chi connectivity index (χ2v) is 6.30. The Hall–Kier alpha value is -0.710. The van der Waals surface area contributed by atoms with E-state index < -0.39 is 0 Å². The number of nitrogens with zero attached hydrogens (tertiary/aromatic N) is 1. The molecule has 0 radical (unpaired) electrons. The Morgan fingerprint density at radius 1 is 1.35 bits per heavy atom. The average Bonchev–Trinajstić information content (AvgIpc) is 2.77. The van der Waals surface area contributed by atoms with E-state index in [1.807, 2.05) is 6.20 Å². The third-order valence-corrected chi connectivity index (χ3v) is 4.82. The van der Waals surface area contributed by atoms with Crippen molar-refractivity contribution in [2.75, 3.05) is 13.1 Å². The Morgan fingerprint density at radius 2 is 2.18 bits per heavy atom. The van der Waals surface area contributed by atoms with Crippen LogP contribution in [0.15, 0.2) is 40.3 Å². The Kier molecular flexibility index (Phi) is 3.03. The van der Waals surface area contributed by atoms with Crippen LogP contribution in [-0.2, 0) is 11.8 Å². The van der Waals surface area contributed by atoms with Crippen molar-refractivity contribution in [3.8, 4) is 0 Å². The minimum atomic E-state index is 0.220. The van der Waals surface area contributed by atoms with E-state index in [0.29, 0.717) is 0 Å². The highest BCUT2D eigenvalue weighted by Crippen LogP contribution is 2.37. The molecule has 1 N–H and O–H groups in total. The predicted molar refractivity (Wildman–Crippen MR) is 74.5 cm³/mol. The number of thiazole rings is 1. The van der Waals surface area contributed by atoms with Gasteiger partial charge in [0.2, 0.25) is 0 Å². The van der Waals surface area contributed by atoms with Crippen LogP contribution in [0.4, 0.5) is 0 Å². The number of nitrogens with one attached hydrogen (secondary N) is 1. The SMILES string of the molecule is Brc1ccccc1C1(Cc2nccs2)CNC1. The summed E-state index contributed by atoms with van der Waals surface area (Å²) in [6.07, 6.45) is 2.92. The second kappa shape index (κ2) is 4.52. The Morgan fingerprint density at radius 3 is 2.76 bits per heavy atom. The quantitative estimate of drug-likeness (QED) is 0.943. The van der Waals surface area contributed by atoms with Crippen LogP contribution in [0.5, 0.6) is 0 Å². The third kappa shape index (κ3) is 2.05. The minimum absolute atomic E-state index is 0.220. The van der Waals surface area contributed by atoms with Crippen molar-refractivity contribution in [3.05, 3.63) is 50.9 Å². The molecule has 2 aromatic rings. The molecule has 1 aromatic carbocycles. The van der Waals surface area contributed by atoms with Crippen molar-refractivity contribution >= 4 is 27.3 Å². The topological polar surface area (TPSA) is 24.9 Å². The van der Waals surface area contributed by atoms with E-state index in [0.717, 1.165) is 19.5 Å². The largest absolute Gasteiger partial charge is 0.315 e. The zero-order valence-corrected chi connectivity index (χ0v) is 11.7. The van der Waals surface area contributed by atoms with Crippen LogP contribution >= 0.6 is 27.3 Å². The minimum Gasteiger partial charge on any atom is -0.315 e. The number of rotatable bonds is 3. The van der Waals surface area contributed by atoms with Gasteiger partial charge >= 0.3 is 0 Å². The Bertz CT molecular complexity index is 506. The van der Waals surface area contributed by atoms with Gasteiger partial charge in [-0.05, 0) is 11.6 Å². The first-order valence-corrected chi connectivity index (χ1v) is 7.32. The Labute approximate surface area is 113 Å². The molecular weight excluding hydrogens is 296 g/mol. The zero-order valence-electron chi connectivity index (χ0n) is 9.32. The monoisotopic (exact) mass is 308 g/mol. The molecule has 17 heavy (non-hydrogen) atoms. The highest BCUT2D eigenvalue weighted by atomic mass is 79.9. The summed E-state index contributed by atoms with van der Waals surface area (Å²) in [6.45, 7) is 2.07. The van der Waals surface area contributed by atoms with E-state index in [1.165, 1.54) is 15.0 Å². The summed E-state index contributed by atoms with van der Waals surface area (Å²) in [5, 5.41) is 6.67. The molecule has 0 spiro atoms. The molecule has 2 heterocycles. The van der Waals surface area contributed by atoms with Gasteiger partial charge in [-0.15, -0.1) is 11.3 Å². The molecule has 4 heteroatoms. The molecule has 2 nitrogen and oxygen atoms in total. The third-order valence-electron chi connectivity index (χ3n) is 3.35. The first kappa shape index (κ1) is 11.4. The van der Waals surface area contributed by atoms with Crippen molar-refractivity contribution in [2.45, 2.75) is 11.8 Å². The number of hydrogen-bond acceptors (Lipinski definition) is 3. The average molecular weight is 309 g/mol. The summed E-state index contributed by atoms with van der Waals surface area (Å²) < 4.78 is 1.21. The first-order valence-electron chi connectivity index (χ1n) is 5.64. The molecule has 1 aliphatic heterocycles. The summed E-state index contributed by atoms with van der Waals surface area (Å²) in [7, 11) is 0. The van der Waals surface area contributed by atoms with Gasteiger partial charge in [-0.25, -0.2) is 4.98 Å². The molecule has 88 valence electrons. The second-order valence-electron chi connectivity index (χ2n) is 4.47. The van der Waals surface area contributed by atoms with Crippen molar-refractivity contribution < 1.29 is 0 Å². The molecule has 0 saturated carbocycles. The molecule has 3 rings (SSSR count). The van der Waals surface area contributed by atoms with E-state index in [1.54, 1.807) is 11.3 Å². The first-order chi connectivity index (χ1) is 8.30. The van der Waals surface area contributed by atoms with Crippen molar-refractivity contribution in [1.29, 1.82) is 0 Å². The van der Waals surface area contributed by atoms with Gasteiger partial charge in [0.25, 0.3) is 0 Å². The maximum Gasteiger partial charge on any atom is 0.0934 e. The maximum absolute atomic E-state index is 4.41. The van der Waals surface area contributed by atoms with Crippen molar-refractivity contribution in [2.24, 2.45) is 0 Å². The lowest BCUT2D eigenvalue weighted by Crippen LogP contribution is -2.58. The molecule has 0 bridgehead atoms. The summed E-state index contributed by atoms with van der Waals surface area (Å²) in [5.41, 5.74) is 1.62. The predicted octanol–water partition coefficient (Wildman–Crippen LogP) is 2.99. The van der Waals surface area contributed by atoms with Crippen molar-refractivity contribution in [1.82, 2.24) is 10.3 Å². The fourth-order valence-electron chi connectivity index (χ4n) is 2.36. The highest BCUT2D eigenvalue weighted by Gasteiger charge is 2.40. The molecule has 0 atom stereocenters. The molecule has 0 amide bonds. The van der Waals surface area contributed by atoms with Crippen LogP contribution in [0.3, 0.4) is 0 Å². The normalized spacial score (nSPS) is 17.7. The molecular formula is C13H13BrN2S. The van der Waals surface area contributed by atoms with Gasteiger partial charge in [0.1, 0.15) is 0 Å². The lowest BCUT2D eigenvalue weighted by Gasteiger charge is -2.43.